The van der Waals surface area contributed by atoms with E-state index in [1.807, 2.05) is 12.1 Å². The molecule has 2 aliphatic heterocycles. The van der Waals surface area contributed by atoms with Crippen LogP contribution < -0.4 is 4.90 Å². The van der Waals surface area contributed by atoms with Gasteiger partial charge in [0.15, 0.2) is 5.03 Å². The number of piperidine rings is 1. The molecule has 0 saturated carbocycles. The average molecular weight is 451 g/mol. The second kappa shape index (κ2) is 9.64. The van der Waals surface area contributed by atoms with Gasteiger partial charge in [-0.15, -0.1) is 12.4 Å². The molecule has 0 atom stereocenters. The van der Waals surface area contributed by atoms with Crippen LogP contribution in [0.15, 0.2) is 47.5 Å². The Kier molecular flexibility index (Phi) is 7.39. The van der Waals surface area contributed by atoms with Crippen LogP contribution in [0.25, 0.3) is 0 Å². The minimum absolute atomic E-state index is 0. The van der Waals surface area contributed by atoms with E-state index in [9.17, 15) is 8.42 Å². The van der Waals surface area contributed by atoms with Crippen molar-refractivity contribution in [2.75, 3.05) is 51.2 Å². The smallest absolute Gasteiger partial charge is 0.260 e. The molecule has 0 radical (unpaired) electrons. The van der Waals surface area contributed by atoms with E-state index in [0.717, 1.165) is 44.8 Å². The number of hydrogen-bond acceptors (Lipinski definition) is 5. The molecule has 3 heterocycles. The van der Waals surface area contributed by atoms with Crippen LogP contribution in [0, 0.1) is 6.92 Å². The van der Waals surface area contributed by atoms with Crippen LogP contribution in [-0.2, 0) is 10.0 Å². The molecule has 0 N–H and O–H groups in total. The summed E-state index contributed by atoms with van der Waals surface area (Å²) in [5.41, 5.74) is 2.63. The minimum Gasteiger partial charge on any atom is -0.354 e. The van der Waals surface area contributed by atoms with Crippen molar-refractivity contribution in [3.8, 4) is 0 Å². The molecule has 0 bridgehead atoms. The summed E-state index contributed by atoms with van der Waals surface area (Å²) in [4.78, 5) is 8.98. The lowest BCUT2D eigenvalue weighted by molar-refractivity contribution is 0.311. The summed E-state index contributed by atoms with van der Waals surface area (Å²) in [7, 11) is -1.46. The van der Waals surface area contributed by atoms with Crippen molar-refractivity contribution in [1.82, 2.24) is 14.2 Å². The Morgan fingerprint density at radius 1 is 0.900 bits per heavy atom. The molecular weight excluding hydrogens is 420 g/mol. The van der Waals surface area contributed by atoms with Crippen molar-refractivity contribution in [3.05, 3.63) is 53.6 Å². The predicted molar refractivity (Wildman–Crippen MR) is 123 cm³/mol. The molecule has 30 heavy (non-hydrogen) atoms. The highest BCUT2D eigenvalue weighted by atomic mass is 35.5. The van der Waals surface area contributed by atoms with Crippen LogP contribution in [0.2, 0.25) is 0 Å². The van der Waals surface area contributed by atoms with Crippen LogP contribution in [0.3, 0.4) is 0 Å². The van der Waals surface area contributed by atoms with Gasteiger partial charge in [-0.3, -0.25) is 0 Å². The quantitative estimate of drug-likeness (QED) is 0.716. The third-order valence-corrected chi connectivity index (χ3v) is 8.02. The standard InChI is InChI=1S/C22H30N4O2S.ClH/c1-18-6-3-4-7-20(18)19-10-12-26(13-11-19)29(27,28)22-9-5-8-21(23-22)25-16-14-24(2)15-17-25;/h3-9,19H,10-17H2,1-2H3;1H. The van der Waals surface area contributed by atoms with Gasteiger partial charge in [-0.2, -0.15) is 4.31 Å². The lowest BCUT2D eigenvalue weighted by atomic mass is 9.87. The monoisotopic (exact) mass is 450 g/mol. The first-order chi connectivity index (χ1) is 13.9. The van der Waals surface area contributed by atoms with Gasteiger partial charge in [0.2, 0.25) is 0 Å². The molecule has 2 fully saturated rings. The van der Waals surface area contributed by atoms with E-state index in [1.54, 1.807) is 10.4 Å². The number of rotatable bonds is 4. The molecule has 1 aromatic heterocycles. The number of hydrogen-bond donors (Lipinski definition) is 0. The first-order valence-electron chi connectivity index (χ1n) is 10.4. The van der Waals surface area contributed by atoms with Gasteiger partial charge in [0.05, 0.1) is 0 Å². The van der Waals surface area contributed by atoms with E-state index in [0.29, 0.717) is 19.0 Å². The molecule has 1 aromatic carbocycles. The van der Waals surface area contributed by atoms with Gasteiger partial charge in [-0.1, -0.05) is 30.3 Å². The second-order valence-electron chi connectivity index (χ2n) is 8.16. The summed E-state index contributed by atoms with van der Waals surface area (Å²) in [5, 5.41) is 0.170. The summed E-state index contributed by atoms with van der Waals surface area (Å²) in [6, 6.07) is 13.8. The highest BCUT2D eigenvalue weighted by molar-refractivity contribution is 7.89. The maximum atomic E-state index is 13.2. The third kappa shape index (κ3) is 4.80. The Morgan fingerprint density at radius 3 is 2.23 bits per heavy atom. The highest BCUT2D eigenvalue weighted by Gasteiger charge is 2.31. The largest absolute Gasteiger partial charge is 0.354 e. The fraction of sp³-hybridized carbons (Fsp3) is 0.500. The van der Waals surface area contributed by atoms with Gasteiger partial charge >= 0.3 is 0 Å². The number of nitrogens with zero attached hydrogens (tertiary/aromatic N) is 4. The number of aromatic nitrogens is 1. The van der Waals surface area contributed by atoms with Crippen LogP contribution in [0.5, 0.6) is 0 Å². The molecule has 8 heteroatoms. The number of anilines is 1. The third-order valence-electron chi connectivity index (χ3n) is 6.22. The van der Waals surface area contributed by atoms with Crippen molar-refractivity contribution in [2.24, 2.45) is 0 Å². The zero-order chi connectivity index (χ0) is 20.4. The summed E-state index contributed by atoms with van der Waals surface area (Å²) in [5.74, 6) is 1.18. The summed E-state index contributed by atoms with van der Waals surface area (Å²) in [6.07, 6.45) is 1.70. The second-order valence-corrected chi connectivity index (χ2v) is 10.0. The molecule has 6 nitrogen and oxygen atoms in total. The Balaban J connectivity index is 0.00000256. The molecular formula is C22H31ClN4O2S. The molecule has 0 spiro atoms. The van der Waals surface area contributed by atoms with Gasteiger partial charge in [0.25, 0.3) is 10.0 Å². The fourth-order valence-electron chi connectivity index (χ4n) is 4.34. The molecule has 4 rings (SSSR count). The van der Waals surface area contributed by atoms with E-state index in [-0.39, 0.29) is 17.4 Å². The zero-order valence-electron chi connectivity index (χ0n) is 17.7. The normalized spacial score (nSPS) is 19.5. The van der Waals surface area contributed by atoms with Crippen molar-refractivity contribution in [1.29, 1.82) is 0 Å². The van der Waals surface area contributed by atoms with Crippen LogP contribution >= 0.6 is 12.4 Å². The van der Waals surface area contributed by atoms with Gasteiger partial charge in [0.1, 0.15) is 5.82 Å². The maximum Gasteiger partial charge on any atom is 0.260 e. The number of piperazine rings is 1. The number of aryl methyl sites for hydroxylation is 1. The zero-order valence-corrected chi connectivity index (χ0v) is 19.3. The van der Waals surface area contributed by atoms with Crippen LogP contribution in [0.4, 0.5) is 5.82 Å². The van der Waals surface area contributed by atoms with Gasteiger partial charge in [0, 0.05) is 39.3 Å². The van der Waals surface area contributed by atoms with Gasteiger partial charge in [-0.25, -0.2) is 13.4 Å². The van der Waals surface area contributed by atoms with Crippen molar-refractivity contribution in [2.45, 2.75) is 30.7 Å². The number of benzene rings is 1. The first-order valence-corrected chi connectivity index (χ1v) is 11.9. The Labute approximate surface area is 186 Å². The SMILES string of the molecule is Cc1ccccc1C1CCN(S(=O)(=O)c2cccc(N3CCN(C)CC3)n2)CC1.Cl. The number of pyridine rings is 1. The van der Waals surface area contributed by atoms with E-state index in [4.69, 9.17) is 0 Å². The predicted octanol–water partition coefficient (Wildman–Crippen LogP) is 3.13. The lowest BCUT2D eigenvalue weighted by Crippen LogP contribution is -2.45. The Hall–Kier alpha value is -1.67. The summed E-state index contributed by atoms with van der Waals surface area (Å²) >= 11 is 0. The van der Waals surface area contributed by atoms with Gasteiger partial charge in [-0.05, 0) is 56.0 Å². The Bertz CT molecular complexity index is 953. The number of sulfonamides is 1. The van der Waals surface area contributed by atoms with Crippen LogP contribution in [0.1, 0.15) is 29.9 Å². The van der Waals surface area contributed by atoms with Gasteiger partial charge < -0.3 is 9.80 Å². The van der Waals surface area contributed by atoms with Crippen molar-refractivity contribution in [3.63, 3.8) is 0 Å². The molecule has 0 amide bonds. The molecule has 0 aliphatic carbocycles. The number of halogens is 1. The van der Waals surface area contributed by atoms with Crippen molar-refractivity contribution < 1.29 is 8.42 Å². The topological polar surface area (TPSA) is 56.8 Å². The summed E-state index contributed by atoms with van der Waals surface area (Å²) in [6.45, 7) is 6.88. The molecule has 164 valence electrons. The average Bonchev–Trinajstić information content (AvgIpc) is 2.75. The maximum absolute atomic E-state index is 13.2. The van der Waals surface area contributed by atoms with E-state index < -0.39 is 10.0 Å². The molecule has 0 unspecified atom stereocenters. The Morgan fingerprint density at radius 2 is 1.57 bits per heavy atom. The first kappa shape index (κ1) is 23.0. The molecule has 2 aromatic rings. The van der Waals surface area contributed by atoms with Crippen LogP contribution in [-0.4, -0.2) is 68.9 Å². The van der Waals surface area contributed by atoms with Crippen molar-refractivity contribution >= 4 is 28.2 Å². The fourth-order valence-corrected chi connectivity index (χ4v) is 5.76. The number of likely N-dealkylation sites (N-methyl/N-ethyl adjacent to an activating group) is 1. The summed E-state index contributed by atoms with van der Waals surface area (Å²) < 4.78 is 28.1. The molecule has 2 aliphatic rings. The minimum atomic E-state index is -3.56. The highest BCUT2D eigenvalue weighted by Crippen LogP contribution is 2.32. The van der Waals surface area contributed by atoms with E-state index >= 15 is 0 Å². The lowest BCUT2D eigenvalue weighted by Gasteiger charge is -2.34. The molecule has 2 saturated heterocycles. The van der Waals surface area contributed by atoms with E-state index in [1.165, 1.54) is 11.1 Å². The van der Waals surface area contributed by atoms with E-state index in [2.05, 4.69) is 53.0 Å².